The van der Waals surface area contributed by atoms with E-state index >= 15 is 0 Å². The zero-order valence-electron chi connectivity index (χ0n) is 12.9. The number of ether oxygens (including phenoxy) is 2. The van der Waals surface area contributed by atoms with Crippen LogP contribution in [0.1, 0.15) is 11.6 Å². The molecule has 1 aromatic carbocycles. The van der Waals surface area contributed by atoms with E-state index in [2.05, 4.69) is 4.72 Å². The normalized spacial score (nSPS) is 15.1. The number of hydrogen-bond donors (Lipinski definition) is 1. The van der Waals surface area contributed by atoms with Crippen LogP contribution in [0.5, 0.6) is 11.5 Å². The maximum atomic E-state index is 12.3. The fourth-order valence-corrected chi connectivity index (χ4v) is 4.47. The lowest BCUT2D eigenvalue weighted by Crippen LogP contribution is -2.34. The summed E-state index contributed by atoms with van der Waals surface area (Å²) >= 11 is 1.20. The van der Waals surface area contributed by atoms with Gasteiger partial charge in [0, 0.05) is 12.6 Å². The molecule has 0 bridgehead atoms. The third-order valence-electron chi connectivity index (χ3n) is 3.63. The van der Waals surface area contributed by atoms with Crippen molar-refractivity contribution in [3.05, 3.63) is 41.3 Å². The average molecular weight is 354 g/mol. The van der Waals surface area contributed by atoms with Crippen LogP contribution in [0, 0.1) is 0 Å². The first-order valence-corrected chi connectivity index (χ1v) is 9.43. The Morgan fingerprint density at radius 2 is 2.04 bits per heavy atom. The number of nitrogens with zero attached hydrogens (tertiary/aromatic N) is 1. The molecule has 0 aliphatic carbocycles. The van der Waals surface area contributed by atoms with Crippen LogP contribution >= 0.6 is 11.3 Å². The molecule has 124 valence electrons. The molecule has 0 saturated heterocycles. The zero-order valence-corrected chi connectivity index (χ0v) is 14.5. The van der Waals surface area contributed by atoms with Gasteiger partial charge in [0.25, 0.3) is 0 Å². The Balaban J connectivity index is 1.78. The van der Waals surface area contributed by atoms with E-state index < -0.39 is 10.0 Å². The molecule has 2 heterocycles. The highest BCUT2D eigenvalue weighted by Gasteiger charge is 2.22. The molecule has 2 aromatic rings. The summed E-state index contributed by atoms with van der Waals surface area (Å²) < 4.78 is 38.3. The lowest BCUT2D eigenvalue weighted by atomic mass is 10.1. The van der Waals surface area contributed by atoms with Crippen molar-refractivity contribution in [2.45, 2.75) is 10.3 Å². The first-order valence-electron chi connectivity index (χ1n) is 7.06. The molecule has 0 amide bonds. The van der Waals surface area contributed by atoms with Crippen LogP contribution < -0.4 is 14.2 Å². The van der Waals surface area contributed by atoms with Gasteiger partial charge >= 0.3 is 0 Å². The Morgan fingerprint density at radius 3 is 2.74 bits per heavy atom. The topological polar surface area (TPSA) is 67.9 Å². The molecule has 8 heteroatoms. The third-order valence-corrected chi connectivity index (χ3v) is 6.45. The highest BCUT2D eigenvalue weighted by Crippen LogP contribution is 2.35. The second-order valence-corrected chi connectivity index (χ2v) is 8.32. The summed E-state index contributed by atoms with van der Waals surface area (Å²) in [5.74, 6) is 1.40. The summed E-state index contributed by atoms with van der Waals surface area (Å²) in [5.41, 5.74) is 0.966. The summed E-state index contributed by atoms with van der Waals surface area (Å²) in [6.45, 7) is 0.489. The van der Waals surface area contributed by atoms with Crippen molar-refractivity contribution < 1.29 is 17.9 Å². The number of hydrogen-bond acceptors (Lipinski definition) is 6. The van der Waals surface area contributed by atoms with Crippen LogP contribution in [-0.2, 0) is 10.0 Å². The number of fused-ring (bicyclic) bond motifs is 1. The molecule has 3 rings (SSSR count). The molecule has 6 nitrogen and oxygen atoms in total. The van der Waals surface area contributed by atoms with Crippen LogP contribution in [0.2, 0.25) is 0 Å². The standard InChI is InChI=1S/C15H18N2O4S2/c1-17(2)12(9-16-23(18,19)15-4-3-7-22-15)11-5-6-13-14(8-11)21-10-20-13/h3-8,12,16H,9-10H2,1-2H3/t12-/m0/s1. The Labute approximate surface area is 139 Å². The molecule has 0 radical (unpaired) electrons. The predicted octanol–water partition coefficient (Wildman–Crippen LogP) is 2.06. The lowest BCUT2D eigenvalue weighted by Gasteiger charge is -2.25. The number of thiophene rings is 1. The van der Waals surface area contributed by atoms with Crippen molar-refractivity contribution >= 4 is 21.4 Å². The fraction of sp³-hybridized carbons (Fsp3) is 0.333. The van der Waals surface area contributed by atoms with Crippen LogP contribution in [0.4, 0.5) is 0 Å². The number of nitrogens with one attached hydrogen (secondary N) is 1. The molecule has 1 N–H and O–H groups in total. The quantitative estimate of drug-likeness (QED) is 0.860. The molecule has 0 fully saturated rings. The number of sulfonamides is 1. The number of rotatable bonds is 6. The van der Waals surface area contributed by atoms with Crippen molar-refractivity contribution in [1.29, 1.82) is 0 Å². The summed E-state index contributed by atoms with van der Waals surface area (Å²) in [6, 6.07) is 8.88. The minimum absolute atomic E-state index is 0.112. The molecule has 1 atom stereocenters. The maximum Gasteiger partial charge on any atom is 0.250 e. The van der Waals surface area contributed by atoms with Gasteiger partial charge in [-0.05, 0) is 43.2 Å². The summed E-state index contributed by atoms with van der Waals surface area (Å²) in [7, 11) is 0.344. The molecular formula is C15H18N2O4S2. The number of likely N-dealkylation sites (N-methyl/N-ethyl adjacent to an activating group) is 1. The Bertz CT molecular complexity index is 773. The molecule has 1 aliphatic heterocycles. The van der Waals surface area contributed by atoms with Crippen molar-refractivity contribution in [3.63, 3.8) is 0 Å². The minimum atomic E-state index is -3.48. The summed E-state index contributed by atoms with van der Waals surface area (Å²) in [6.07, 6.45) is 0. The Hall–Kier alpha value is -1.61. The molecule has 23 heavy (non-hydrogen) atoms. The van der Waals surface area contributed by atoms with Gasteiger partial charge in [0.05, 0.1) is 0 Å². The second kappa shape index (κ2) is 6.48. The van der Waals surface area contributed by atoms with Gasteiger partial charge in [0.1, 0.15) is 4.21 Å². The van der Waals surface area contributed by atoms with Crippen LogP contribution in [0.3, 0.4) is 0 Å². The van der Waals surface area contributed by atoms with Crippen molar-refractivity contribution in [3.8, 4) is 11.5 Å². The van der Waals surface area contributed by atoms with E-state index in [0.717, 1.165) is 5.56 Å². The van der Waals surface area contributed by atoms with E-state index in [0.29, 0.717) is 15.7 Å². The largest absolute Gasteiger partial charge is 0.454 e. The van der Waals surface area contributed by atoms with Crippen molar-refractivity contribution in [2.24, 2.45) is 0 Å². The van der Waals surface area contributed by atoms with E-state index in [-0.39, 0.29) is 19.4 Å². The fourth-order valence-electron chi connectivity index (χ4n) is 2.40. The first kappa shape index (κ1) is 16.3. The molecule has 1 aliphatic rings. The van der Waals surface area contributed by atoms with Gasteiger partial charge in [0.15, 0.2) is 11.5 Å². The second-order valence-electron chi connectivity index (χ2n) is 5.38. The lowest BCUT2D eigenvalue weighted by molar-refractivity contribution is 0.174. The summed E-state index contributed by atoms with van der Waals surface area (Å²) in [4.78, 5) is 1.97. The van der Waals surface area contributed by atoms with E-state index in [1.54, 1.807) is 17.5 Å². The van der Waals surface area contributed by atoms with Gasteiger partial charge < -0.3 is 14.4 Å². The smallest absolute Gasteiger partial charge is 0.250 e. The van der Waals surface area contributed by atoms with E-state index in [4.69, 9.17) is 9.47 Å². The van der Waals surface area contributed by atoms with Gasteiger partial charge in [-0.1, -0.05) is 12.1 Å². The minimum Gasteiger partial charge on any atom is -0.454 e. The van der Waals surface area contributed by atoms with Crippen molar-refractivity contribution in [1.82, 2.24) is 9.62 Å². The first-order chi connectivity index (χ1) is 11.0. The predicted molar refractivity (Wildman–Crippen MR) is 88.5 cm³/mol. The van der Waals surface area contributed by atoms with Gasteiger partial charge in [-0.3, -0.25) is 0 Å². The van der Waals surface area contributed by atoms with Crippen LogP contribution in [0.25, 0.3) is 0 Å². The Morgan fingerprint density at radius 1 is 1.26 bits per heavy atom. The molecule has 0 saturated carbocycles. The molecule has 0 spiro atoms. The Kier molecular flexibility index (Phi) is 4.58. The molecule has 0 unspecified atom stereocenters. The van der Waals surface area contributed by atoms with Crippen molar-refractivity contribution in [2.75, 3.05) is 27.4 Å². The maximum absolute atomic E-state index is 12.3. The van der Waals surface area contributed by atoms with E-state index in [1.807, 2.05) is 37.2 Å². The monoisotopic (exact) mass is 354 g/mol. The summed E-state index contributed by atoms with van der Waals surface area (Å²) in [5, 5.41) is 1.75. The third kappa shape index (κ3) is 3.50. The van der Waals surface area contributed by atoms with Gasteiger partial charge in [-0.25, -0.2) is 13.1 Å². The van der Waals surface area contributed by atoms with Crippen LogP contribution in [0.15, 0.2) is 39.9 Å². The van der Waals surface area contributed by atoms with E-state index in [9.17, 15) is 8.42 Å². The molecule has 1 aromatic heterocycles. The zero-order chi connectivity index (χ0) is 16.4. The van der Waals surface area contributed by atoms with Gasteiger partial charge in [0.2, 0.25) is 16.8 Å². The highest BCUT2D eigenvalue weighted by molar-refractivity contribution is 7.91. The van der Waals surface area contributed by atoms with Gasteiger partial charge in [-0.15, -0.1) is 11.3 Å². The van der Waals surface area contributed by atoms with Crippen LogP contribution in [-0.4, -0.2) is 40.8 Å². The highest BCUT2D eigenvalue weighted by atomic mass is 32.2. The average Bonchev–Trinajstić information content (AvgIpc) is 3.18. The van der Waals surface area contributed by atoms with Gasteiger partial charge in [-0.2, -0.15) is 0 Å². The SMILES string of the molecule is CN(C)[C@@H](CNS(=O)(=O)c1cccs1)c1ccc2c(c1)OCO2. The molecular weight excluding hydrogens is 336 g/mol. The van der Waals surface area contributed by atoms with E-state index in [1.165, 1.54) is 11.3 Å². The number of benzene rings is 1.